The fourth-order valence-electron chi connectivity index (χ4n) is 1.46. The van der Waals surface area contributed by atoms with Crippen LogP contribution in [0.25, 0.3) is 0 Å². The second kappa shape index (κ2) is 6.23. The van der Waals surface area contributed by atoms with Gasteiger partial charge in [-0.1, -0.05) is 11.8 Å². The van der Waals surface area contributed by atoms with Crippen LogP contribution in [-0.4, -0.2) is 27.0 Å². The molecule has 0 atom stereocenters. The summed E-state index contributed by atoms with van der Waals surface area (Å²) < 4.78 is 17.1. The molecule has 2 aromatic rings. The number of aromatic nitrogens is 2. The molecule has 0 aliphatic carbocycles. The zero-order valence-electron chi connectivity index (χ0n) is 10.5. The van der Waals surface area contributed by atoms with Crippen molar-refractivity contribution in [3.8, 4) is 11.8 Å². The normalized spacial score (nSPS) is 9.75. The lowest BCUT2D eigenvalue weighted by Gasteiger charge is -2.04. The van der Waals surface area contributed by atoms with Crippen molar-refractivity contribution in [1.82, 2.24) is 9.36 Å². The first kappa shape index (κ1) is 14.1. The Morgan fingerprint density at radius 1 is 1.55 bits per heavy atom. The summed E-state index contributed by atoms with van der Waals surface area (Å²) in [6.07, 6.45) is 0. The zero-order chi connectivity index (χ0) is 14.5. The second-order valence-corrected chi connectivity index (χ2v) is 4.50. The number of hydrogen-bond donors (Lipinski definition) is 2. The van der Waals surface area contributed by atoms with Crippen LogP contribution in [0, 0.1) is 24.6 Å². The van der Waals surface area contributed by atoms with E-state index in [1.807, 2.05) is 0 Å². The van der Waals surface area contributed by atoms with E-state index < -0.39 is 11.7 Å². The van der Waals surface area contributed by atoms with Gasteiger partial charge in [-0.25, -0.2) is 9.37 Å². The third kappa shape index (κ3) is 3.38. The highest BCUT2D eigenvalue weighted by molar-refractivity contribution is 7.09. The number of aryl methyl sites for hydroxylation is 1. The highest BCUT2D eigenvalue weighted by Crippen LogP contribution is 2.15. The lowest BCUT2D eigenvalue weighted by Crippen LogP contribution is -2.13. The van der Waals surface area contributed by atoms with Gasteiger partial charge in [-0.3, -0.25) is 10.1 Å². The van der Waals surface area contributed by atoms with Crippen LogP contribution >= 0.6 is 11.5 Å². The molecule has 0 spiro atoms. The largest absolute Gasteiger partial charge is 0.384 e. The van der Waals surface area contributed by atoms with Crippen molar-refractivity contribution in [2.75, 3.05) is 11.9 Å². The Morgan fingerprint density at radius 3 is 3.00 bits per heavy atom. The van der Waals surface area contributed by atoms with Gasteiger partial charge in [0.25, 0.3) is 5.91 Å². The number of benzene rings is 1. The SMILES string of the molecule is Cc1nsc(NC(=O)c2ccc(F)cc2C#CCO)n1. The van der Waals surface area contributed by atoms with Gasteiger partial charge < -0.3 is 5.11 Å². The molecule has 0 saturated carbocycles. The molecule has 1 aromatic heterocycles. The number of halogens is 1. The quantitative estimate of drug-likeness (QED) is 0.824. The van der Waals surface area contributed by atoms with Crippen molar-refractivity contribution in [2.24, 2.45) is 0 Å². The summed E-state index contributed by atoms with van der Waals surface area (Å²) >= 11 is 1.06. The fraction of sp³-hybridized carbons (Fsp3) is 0.154. The maximum absolute atomic E-state index is 13.2. The van der Waals surface area contributed by atoms with E-state index in [0.717, 1.165) is 17.6 Å². The molecule has 2 N–H and O–H groups in total. The van der Waals surface area contributed by atoms with Crippen molar-refractivity contribution in [1.29, 1.82) is 0 Å². The highest BCUT2D eigenvalue weighted by atomic mass is 32.1. The summed E-state index contributed by atoms with van der Waals surface area (Å²) in [5.74, 6) is 4.53. The summed E-state index contributed by atoms with van der Waals surface area (Å²) in [5.41, 5.74) is 0.415. The number of anilines is 1. The van der Waals surface area contributed by atoms with E-state index >= 15 is 0 Å². The summed E-state index contributed by atoms with van der Waals surface area (Å²) in [4.78, 5) is 16.1. The van der Waals surface area contributed by atoms with Crippen LogP contribution in [0.5, 0.6) is 0 Å². The first-order valence-corrected chi connectivity index (χ1v) is 6.38. The zero-order valence-corrected chi connectivity index (χ0v) is 11.3. The fourth-order valence-corrected chi connectivity index (χ4v) is 2.04. The number of nitrogens with one attached hydrogen (secondary N) is 1. The van der Waals surface area contributed by atoms with Crippen LogP contribution in [-0.2, 0) is 0 Å². The molecule has 0 bridgehead atoms. The Hall–Kier alpha value is -2.30. The molecule has 2 rings (SSSR count). The molecule has 1 aromatic carbocycles. The lowest BCUT2D eigenvalue weighted by atomic mass is 10.1. The van der Waals surface area contributed by atoms with Crippen LogP contribution in [0.2, 0.25) is 0 Å². The second-order valence-electron chi connectivity index (χ2n) is 3.75. The Bertz CT molecular complexity index is 703. The smallest absolute Gasteiger partial charge is 0.258 e. The van der Waals surface area contributed by atoms with Gasteiger partial charge in [-0.15, -0.1) is 0 Å². The molecular weight excluding hydrogens is 281 g/mol. The van der Waals surface area contributed by atoms with Gasteiger partial charge in [-0.2, -0.15) is 4.37 Å². The number of rotatable bonds is 2. The number of carbonyl (C=O) groups is 1. The van der Waals surface area contributed by atoms with Crippen molar-refractivity contribution >= 4 is 22.6 Å². The molecule has 0 fully saturated rings. The molecule has 0 unspecified atom stereocenters. The molecule has 1 heterocycles. The Morgan fingerprint density at radius 2 is 2.35 bits per heavy atom. The topological polar surface area (TPSA) is 75.1 Å². The van der Waals surface area contributed by atoms with Gasteiger partial charge in [0, 0.05) is 17.1 Å². The summed E-state index contributed by atoms with van der Waals surface area (Å²) in [6.45, 7) is 1.34. The molecule has 0 aliphatic heterocycles. The van der Waals surface area contributed by atoms with Crippen molar-refractivity contribution in [2.45, 2.75) is 6.92 Å². The predicted molar refractivity (Wildman–Crippen MR) is 73.0 cm³/mol. The molecule has 20 heavy (non-hydrogen) atoms. The Balaban J connectivity index is 2.29. The minimum absolute atomic E-state index is 0.206. The maximum atomic E-state index is 13.2. The van der Waals surface area contributed by atoms with Crippen LogP contribution < -0.4 is 5.32 Å². The Kier molecular flexibility index (Phi) is 4.40. The molecule has 0 radical (unpaired) electrons. The van der Waals surface area contributed by atoms with E-state index in [1.165, 1.54) is 12.1 Å². The predicted octanol–water partition coefficient (Wildman–Crippen LogP) is 1.58. The number of nitrogens with zero attached hydrogens (tertiary/aromatic N) is 2. The van der Waals surface area contributed by atoms with E-state index in [-0.39, 0.29) is 17.7 Å². The average molecular weight is 291 g/mol. The minimum Gasteiger partial charge on any atom is -0.384 e. The number of amides is 1. The first-order valence-electron chi connectivity index (χ1n) is 5.61. The standard InChI is InChI=1S/C13H10FN3O2S/c1-8-15-13(20-17-8)16-12(19)11-5-4-10(14)7-9(11)3-2-6-18/h4-5,7,18H,6H2,1H3,(H,15,16,17,19). The first-order chi connectivity index (χ1) is 9.60. The number of aliphatic hydroxyl groups excluding tert-OH is 1. The third-order valence-electron chi connectivity index (χ3n) is 2.28. The lowest BCUT2D eigenvalue weighted by molar-refractivity contribution is 0.102. The molecule has 1 amide bonds. The molecule has 0 saturated heterocycles. The molecular formula is C13H10FN3O2S. The minimum atomic E-state index is -0.504. The van der Waals surface area contributed by atoms with E-state index in [9.17, 15) is 9.18 Å². The van der Waals surface area contributed by atoms with Crippen LogP contribution in [0.15, 0.2) is 18.2 Å². The van der Waals surface area contributed by atoms with Crippen molar-refractivity contribution < 1.29 is 14.3 Å². The van der Waals surface area contributed by atoms with E-state index in [1.54, 1.807) is 6.92 Å². The van der Waals surface area contributed by atoms with E-state index in [4.69, 9.17) is 5.11 Å². The molecule has 7 heteroatoms. The Labute approximate surface area is 118 Å². The van der Waals surface area contributed by atoms with Crippen LogP contribution in [0.4, 0.5) is 9.52 Å². The molecule has 0 aliphatic rings. The maximum Gasteiger partial charge on any atom is 0.258 e. The third-order valence-corrected chi connectivity index (χ3v) is 3.00. The van der Waals surface area contributed by atoms with Gasteiger partial charge in [0.15, 0.2) is 0 Å². The van der Waals surface area contributed by atoms with Crippen LogP contribution in [0.1, 0.15) is 21.7 Å². The number of aliphatic hydroxyl groups is 1. The summed E-state index contributed by atoms with van der Waals surface area (Å²) in [5, 5.41) is 11.6. The van der Waals surface area contributed by atoms with E-state index in [2.05, 4.69) is 26.5 Å². The van der Waals surface area contributed by atoms with Gasteiger partial charge in [0.1, 0.15) is 18.2 Å². The monoisotopic (exact) mass is 291 g/mol. The number of hydrogen-bond acceptors (Lipinski definition) is 5. The van der Waals surface area contributed by atoms with E-state index in [0.29, 0.717) is 11.0 Å². The van der Waals surface area contributed by atoms with Gasteiger partial charge in [-0.05, 0) is 25.1 Å². The van der Waals surface area contributed by atoms with Gasteiger partial charge in [0.05, 0.1) is 5.56 Å². The van der Waals surface area contributed by atoms with Gasteiger partial charge >= 0.3 is 0 Å². The van der Waals surface area contributed by atoms with Gasteiger partial charge in [0.2, 0.25) is 5.13 Å². The summed E-state index contributed by atoms with van der Waals surface area (Å²) in [6, 6.07) is 3.65. The van der Waals surface area contributed by atoms with Crippen LogP contribution in [0.3, 0.4) is 0 Å². The summed E-state index contributed by atoms with van der Waals surface area (Å²) in [7, 11) is 0. The van der Waals surface area contributed by atoms with Crippen molar-refractivity contribution in [3.05, 3.63) is 41.0 Å². The molecule has 5 nitrogen and oxygen atoms in total. The molecule has 102 valence electrons. The number of carbonyl (C=O) groups excluding carboxylic acids is 1. The van der Waals surface area contributed by atoms with Crippen molar-refractivity contribution in [3.63, 3.8) is 0 Å². The highest BCUT2D eigenvalue weighted by Gasteiger charge is 2.13. The average Bonchev–Trinajstić information content (AvgIpc) is 2.81.